The van der Waals surface area contributed by atoms with Crippen LogP contribution in [0.3, 0.4) is 0 Å². The summed E-state index contributed by atoms with van der Waals surface area (Å²) in [6.45, 7) is 6.37. The summed E-state index contributed by atoms with van der Waals surface area (Å²) < 4.78 is 42.1. The Labute approximate surface area is 224 Å². The van der Waals surface area contributed by atoms with Crippen molar-refractivity contribution >= 4 is 47.4 Å². The first kappa shape index (κ1) is 33.1. The molecular weight excluding hydrogens is 536 g/mol. The van der Waals surface area contributed by atoms with Crippen molar-refractivity contribution in [2.24, 2.45) is 0 Å². The van der Waals surface area contributed by atoms with E-state index in [0.29, 0.717) is 0 Å². The highest BCUT2D eigenvalue weighted by Crippen LogP contribution is 2.31. The van der Waals surface area contributed by atoms with Gasteiger partial charge in [-0.3, -0.25) is 19.2 Å². The van der Waals surface area contributed by atoms with Crippen LogP contribution >= 0.6 is 11.6 Å². The first-order chi connectivity index (χ1) is 17.8. The van der Waals surface area contributed by atoms with Gasteiger partial charge in [0, 0.05) is 34.1 Å². The Morgan fingerprint density at radius 1 is 0.711 bits per heavy atom. The van der Waals surface area contributed by atoms with Crippen molar-refractivity contribution in [2.75, 3.05) is 26.4 Å². The van der Waals surface area contributed by atoms with E-state index >= 15 is 0 Å². The van der Waals surface area contributed by atoms with Gasteiger partial charge < -0.3 is 37.9 Å². The molecule has 1 fully saturated rings. The fourth-order valence-electron chi connectivity index (χ4n) is 3.42. The van der Waals surface area contributed by atoms with Gasteiger partial charge in [0.1, 0.15) is 12.7 Å². The molecule has 0 aliphatic carbocycles. The average Bonchev–Trinajstić information content (AvgIpc) is 2.80. The molecule has 216 valence electrons. The third-order valence-electron chi connectivity index (χ3n) is 4.87. The zero-order valence-corrected chi connectivity index (χ0v) is 22.8. The average molecular weight is 569 g/mol. The number of hydrogen-bond acceptors (Lipinski definition) is 14. The number of ether oxygens (including phenoxy) is 8. The van der Waals surface area contributed by atoms with Crippen molar-refractivity contribution in [3.8, 4) is 0 Å². The Kier molecular flexibility index (Phi) is 13.4. The van der Waals surface area contributed by atoms with Crippen LogP contribution in [0.1, 0.15) is 48.0 Å². The standard InChI is InChI=1S/C23H33ClO14/c1-7-31-21(29)23(24,22(30)32-8-2)9-10-33-20-19(37-15(6)28)18(36-14(5)27)17(35-13(4)26)16(38-20)11-34-12(3)25/h16-20H,7-11H2,1-6H3. The van der Waals surface area contributed by atoms with Gasteiger partial charge >= 0.3 is 35.8 Å². The molecule has 5 atom stereocenters. The lowest BCUT2D eigenvalue weighted by molar-refractivity contribution is -0.308. The normalized spacial score (nSPS) is 23.0. The largest absolute Gasteiger partial charge is 0.464 e. The second-order valence-electron chi connectivity index (χ2n) is 7.93. The van der Waals surface area contributed by atoms with Crippen molar-refractivity contribution in [1.82, 2.24) is 0 Å². The molecule has 15 heteroatoms. The van der Waals surface area contributed by atoms with E-state index < -0.39 is 91.0 Å². The molecule has 1 saturated heterocycles. The molecule has 0 spiro atoms. The van der Waals surface area contributed by atoms with Gasteiger partial charge in [-0.05, 0) is 13.8 Å². The molecule has 0 radical (unpaired) electrons. The zero-order valence-electron chi connectivity index (χ0n) is 22.0. The quantitative estimate of drug-likeness (QED) is 0.130. The second kappa shape index (κ2) is 15.4. The molecule has 0 aromatic carbocycles. The van der Waals surface area contributed by atoms with E-state index in [1.165, 1.54) is 13.8 Å². The van der Waals surface area contributed by atoms with E-state index in [9.17, 15) is 28.8 Å². The number of carbonyl (C=O) groups excluding carboxylic acids is 6. The molecule has 0 aromatic rings. The van der Waals surface area contributed by atoms with Crippen molar-refractivity contribution in [1.29, 1.82) is 0 Å². The van der Waals surface area contributed by atoms with Gasteiger partial charge in [0.05, 0.1) is 19.8 Å². The first-order valence-corrected chi connectivity index (χ1v) is 12.1. The summed E-state index contributed by atoms with van der Waals surface area (Å²) in [5.74, 6) is -5.25. The molecule has 5 unspecified atom stereocenters. The van der Waals surface area contributed by atoms with Crippen molar-refractivity contribution in [2.45, 2.75) is 83.5 Å². The molecular formula is C23H33ClO14. The van der Waals surface area contributed by atoms with Crippen molar-refractivity contribution in [3.63, 3.8) is 0 Å². The molecule has 38 heavy (non-hydrogen) atoms. The van der Waals surface area contributed by atoms with Gasteiger partial charge in [0.15, 0.2) is 24.6 Å². The Morgan fingerprint density at radius 2 is 1.18 bits per heavy atom. The topological polar surface area (TPSA) is 176 Å². The second-order valence-corrected chi connectivity index (χ2v) is 8.58. The first-order valence-electron chi connectivity index (χ1n) is 11.7. The van der Waals surface area contributed by atoms with E-state index in [1.807, 2.05) is 0 Å². The Balaban J connectivity index is 3.31. The van der Waals surface area contributed by atoms with Crippen LogP contribution in [0.2, 0.25) is 0 Å². The maximum Gasteiger partial charge on any atom is 0.338 e. The highest BCUT2D eigenvalue weighted by molar-refractivity contribution is 6.44. The number of halogens is 1. The van der Waals surface area contributed by atoms with Gasteiger partial charge in [-0.15, -0.1) is 0 Å². The highest BCUT2D eigenvalue weighted by atomic mass is 35.5. The van der Waals surface area contributed by atoms with Crippen LogP contribution < -0.4 is 0 Å². The summed E-state index contributed by atoms with van der Waals surface area (Å²) >= 11 is 6.29. The molecule has 1 aliphatic heterocycles. The van der Waals surface area contributed by atoms with Crippen LogP contribution in [0, 0.1) is 0 Å². The number of rotatable bonds is 13. The lowest BCUT2D eigenvalue weighted by atomic mass is 9.98. The zero-order chi connectivity index (χ0) is 29.0. The Bertz CT molecular complexity index is 856. The number of alkyl halides is 1. The van der Waals surface area contributed by atoms with Gasteiger partial charge in [0.2, 0.25) is 4.87 Å². The molecule has 0 bridgehead atoms. The summed E-state index contributed by atoms with van der Waals surface area (Å²) in [5.41, 5.74) is 0. The Morgan fingerprint density at radius 3 is 1.63 bits per heavy atom. The van der Waals surface area contributed by atoms with E-state index in [-0.39, 0.29) is 13.2 Å². The molecule has 0 saturated carbocycles. The van der Waals surface area contributed by atoms with Crippen LogP contribution in [0.5, 0.6) is 0 Å². The molecule has 14 nitrogen and oxygen atoms in total. The summed E-state index contributed by atoms with van der Waals surface area (Å²) in [7, 11) is 0. The molecule has 1 rings (SSSR count). The number of carbonyl (C=O) groups is 6. The van der Waals surface area contributed by atoms with Gasteiger partial charge in [-0.1, -0.05) is 11.6 Å². The summed E-state index contributed by atoms with van der Waals surface area (Å²) in [6.07, 6.45) is -7.51. The van der Waals surface area contributed by atoms with Gasteiger partial charge in [0.25, 0.3) is 0 Å². The van der Waals surface area contributed by atoms with Crippen molar-refractivity contribution in [3.05, 3.63) is 0 Å². The van der Waals surface area contributed by atoms with E-state index in [4.69, 9.17) is 49.5 Å². The summed E-state index contributed by atoms with van der Waals surface area (Å²) in [5, 5.41) is 0. The molecule has 1 aliphatic rings. The lowest BCUT2D eigenvalue weighted by Crippen LogP contribution is -2.63. The third-order valence-corrected chi connectivity index (χ3v) is 5.37. The van der Waals surface area contributed by atoms with Crippen LogP contribution in [-0.4, -0.2) is 97.8 Å². The third kappa shape index (κ3) is 9.72. The summed E-state index contributed by atoms with van der Waals surface area (Å²) in [4.78, 5) is 69.5. The number of esters is 6. The van der Waals surface area contributed by atoms with E-state index in [1.54, 1.807) is 0 Å². The van der Waals surface area contributed by atoms with E-state index in [2.05, 4.69) is 0 Å². The minimum absolute atomic E-state index is 0.0622. The SMILES string of the molecule is CCOC(=O)C(Cl)(CCOC1OC(COC(C)=O)C(OC(C)=O)C(OC(C)=O)C1OC(C)=O)C(=O)OCC. The predicted molar refractivity (Wildman–Crippen MR) is 124 cm³/mol. The monoisotopic (exact) mass is 568 g/mol. The smallest absolute Gasteiger partial charge is 0.338 e. The van der Waals surface area contributed by atoms with Gasteiger partial charge in [-0.2, -0.15) is 0 Å². The Hall–Kier alpha value is -2.97. The van der Waals surface area contributed by atoms with Crippen LogP contribution in [0.4, 0.5) is 0 Å². The fraction of sp³-hybridized carbons (Fsp3) is 0.739. The lowest BCUT2D eigenvalue weighted by Gasteiger charge is -2.44. The number of hydrogen-bond donors (Lipinski definition) is 0. The minimum Gasteiger partial charge on any atom is -0.464 e. The molecule has 0 N–H and O–H groups in total. The summed E-state index contributed by atoms with van der Waals surface area (Å²) in [6, 6.07) is 0. The fourth-order valence-corrected chi connectivity index (χ4v) is 3.60. The van der Waals surface area contributed by atoms with Crippen LogP contribution in [0.15, 0.2) is 0 Å². The molecule has 0 aromatic heterocycles. The minimum atomic E-state index is -2.26. The molecule has 1 heterocycles. The maximum atomic E-state index is 12.4. The van der Waals surface area contributed by atoms with Crippen LogP contribution in [-0.2, 0) is 66.7 Å². The maximum absolute atomic E-state index is 12.4. The van der Waals surface area contributed by atoms with E-state index in [0.717, 1.165) is 27.7 Å². The molecule has 0 amide bonds. The highest BCUT2D eigenvalue weighted by Gasteiger charge is 2.53. The van der Waals surface area contributed by atoms with Gasteiger partial charge in [-0.25, -0.2) is 9.59 Å². The van der Waals surface area contributed by atoms with Crippen molar-refractivity contribution < 1.29 is 66.7 Å². The predicted octanol–water partition coefficient (Wildman–Crippen LogP) is 0.580. The van der Waals surface area contributed by atoms with Crippen LogP contribution in [0.25, 0.3) is 0 Å².